The fourth-order valence-corrected chi connectivity index (χ4v) is 3.66. The lowest BCUT2D eigenvalue weighted by Crippen LogP contribution is -2.32. The molecule has 10 heteroatoms. The van der Waals surface area contributed by atoms with Crippen molar-refractivity contribution in [2.45, 2.75) is 6.42 Å². The summed E-state index contributed by atoms with van der Waals surface area (Å²) in [7, 11) is 1.50. The molecule has 2 amide bonds. The van der Waals surface area contributed by atoms with E-state index in [4.69, 9.17) is 26.0 Å². The summed E-state index contributed by atoms with van der Waals surface area (Å²) >= 11 is 7.33. The summed E-state index contributed by atoms with van der Waals surface area (Å²) in [5.74, 6) is 0.352. The van der Waals surface area contributed by atoms with Crippen molar-refractivity contribution < 1.29 is 18.7 Å². The lowest BCUT2D eigenvalue weighted by atomic mass is 10.2. The fraction of sp³-hybridized carbons (Fsp3) is 0.200. The van der Waals surface area contributed by atoms with E-state index in [1.807, 2.05) is 6.07 Å². The smallest absolute Gasteiger partial charge is 0.283 e. The van der Waals surface area contributed by atoms with Crippen molar-refractivity contribution in [3.05, 3.63) is 53.1 Å². The molecule has 0 saturated carbocycles. The molecule has 0 unspecified atom stereocenters. The first-order chi connectivity index (χ1) is 14.5. The maximum atomic E-state index is 13.0. The quantitative estimate of drug-likeness (QED) is 0.517. The summed E-state index contributed by atoms with van der Waals surface area (Å²) in [4.78, 5) is 30.8. The number of aliphatic imine (C=N–C) groups is 1. The molecule has 0 fully saturated rings. The number of methoxy groups -OCH3 is 1. The highest BCUT2D eigenvalue weighted by Crippen LogP contribution is 2.34. The SMILES string of the molecule is COc1ccc(N2C(=O)/C(=C\c3ccco3)N=C2SCC(=O)NCCC#N)cc1Cl. The molecule has 0 saturated heterocycles. The molecule has 2 heterocycles. The standard InChI is InChI=1S/C20H17ClN4O4S/c1-28-17-6-5-13(10-15(17)21)25-19(27)16(11-14-4-2-9-29-14)24-20(25)30-12-18(26)23-8-3-7-22/h2,4-6,9-11H,3,8,12H2,1H3,(H,23,26)/b16-11+. The largest absolute Gasteiger partial charge is 0.495 e. The van der Waals surface area contributed by atoms with Crippen molar-refractivity contribution in [1.82, 2.24) is 5.32 Å². The molecule has 0 radical (unpaired) electrons. The molecule has 3 rings (SSSR count). The van der Waals surface area contributed by atoms with Crippen molar-refractivity contribution in [3.8, 4) is 11.8 Å². The predicted octanol–water partition coefficient (Wildman–Crippen LogP) is 3.45. The Morgan fingerprint density at radius 2 is 2.30 bits per heavy atom. The monoisotopic (exact) mass is 444 g/mol. The molecule has 1 aliphatic rings. The Morgan fingerprint density at radius 1 is 1.47 bits per heavy atom. The van der Waals surface area contributed by atoms with Crippen LogP contribution in [0.2, 0.25) is 5.02 Å². The van der Waals surface area contributed by atoms with Gasteiger partial charge in [-0.15, -0.1) is 0 Å². The van der Waals surface area contributed by atoms with Crippen LogP contribution < -0.4 is 15.0 Å². The van der Waals surface area contributed by atoms with E-state index < -0.39 is 0 Å². The molecule has 0 bridgehead atoms. The Balaban J connectivity index is 1.85. The molecule has 154 valence electrons. The topological polar surface area (TPSA) is 108 Å². The van der Waals surface area contributed by atoms with Gasteiger partial charge in [-0.25, -0.2) is 4.99 Å². The summed E-state index contributed by atoms with van der Waals surface area (Å²) in [5.41, 5.74) is 0.661. The second-order valence-corrected chi connectivity index (χ2v) is 7.30. The van der Waals surface area contributed by atoms with Crippen LogP contribution in [0.3, 0.4) is 0 Å². The van der Waals surface area contributed by atoms with Gasteiger partial charge in [-0.2, -0.15) is 5.26 Å². The van der Waals surface area contributed by atoms with Gasteiger partial charge in [0.25, 0.3) is 5.91 Å². The molecule has 30 heavy (non-hydrogen) atoms. The van der Waals surface area contributed by atoms with E-state index in [0.29, 0.717) is 27.4 Å². The molecule has 0 spiro atoms. The van der Waals surface area contributed by atoms with Crippen LogP contribution in [0, 0.1) is 11.3 Å². The molecule has 1 aromatic carbocycles. The normalized spacial score (nSPS) is 14.6. The molecular weight excluding hydrogens is 428 g/mol. The van der Waals surface area contributed by atoms with Crippen molar-refractivity contribution in [1.29, 1.82) is 5.26 Å². The number of nitriles is 1. The number of nitrogens with one attached hydrogen (secondary N) is 1. The minimum absolute atomic E-state index is 0.0337. The fourth-order valence-electron chi connectivity index (χ4n) is 2.56. The zero-order valence-electron chi connectivity index (χ0n) is 15.9. The van der Waals surface area contributed by atoms with Crippen molar-refractivity contribution >= 4 is 52.1 Å². The minimum Gasteiger partial charge on any atom is -0.495 e. The number of halogens is 1. The molecule has 1 aliphatic heterocycles. The number of ether oxygens (including phenoxy) is 1. The molecule has 1 aromatic heterocycles. The first kappa shape index (κ1) is 21.5. The number of hydrogen-bond acceptors (Lipinski definition) is 7. The van der Waals surface area contributed by atoms with Crippen molar-refractivity contribution in [2.75, 3.05) is 24.3 Å². The number of benzene rings is 1. The Morgan fingerprint density at radius 3 is 2.97 bits per heavy atom. The van der Waals surface area contributed by atoms with E-state index in [1.54, 1.807) is 30.3 Å². The number of rotatable bonds is 7. The van der Waals surface area contributed by atoms with E-state index in [0.717, 1.165) is 11.8 Å². The van der Waals surface area contributed by atoms with Crippen molar-refractivity contribution in [3.63, 3.8) is 0 Å². The maximum Gasteiger partial charge on any atom is 0.283 e. The van der Waals surface area contributed by atoms with E-state index in [-0.39, 0.29) is 36.2 Å². The molecule has 8 nitrogen and oxygen atoms in total. The van der Waals surface area contributed by atoms with Crippen LogP contribution >= 0.6 is 23.4 Å². The van der Waals surface area contributed by atoms with Crippen LogP contribution in [-0.2, 0) is 9.59 Å². The lowest BCUT2D eigenvalue weighted by molar-refractivity contribution is -0.118. The first-order valence-corrected chi connectivity index (χ1v) is 10.2. The zero-order valence-corrected chi connectivity index (χ0v) is 17.5. The van der Waals surface area contributed by atoms with E-state index in [1.165, 1.54) is 24.3 Å². The number of nitrogens with zero attached hydrogens (tertiary/aromatic N) is 3. The highest BCUT2D eigenvalue weighted by molar-refractivity contribution is 8.14. The molecule has 2 aromatic rings. The Hall–Kier alpha value is -3.22. The number of carbonyl (C=O) groups is 2. The Labute approximate surface area is 182 Å². The van der Waals surface area contributed by atoms with Crippen LogP contribution in [0.1, 0.15) is 12.2 Å². The number of furan rings is 1. The van der Waals surface area contributed by atoms with Gasteiger partial charge in [-0.3, -0.25) is 14.5 Å². The first-order valence-electron chi connectivity index (χ1n) is 8.82. The number of thioether (sulfide) groups is 1. The molecule has 0 aliphatic carbocycles. The molecular formula is C20H17ClN4O4S. The lowest BCUT2D eigenvalue weighted by Gasteiger charge is -2.18. The summed E-state index contributed by atoms with van der Waals surface area (Å²) in [6.07, 6.45) is 3.25. The third-order valence-corrected chi connectivity index (χ3v) is 5.17. The summed E-state index contributed by atoms with van der Waals surface area (Å²) in [6.45, 7) is 0.267. The number of amides is 2. The Bertz CT molecular complexity index is 1040. The predicted molar refractivity (Wildman–Crippen MR) is 115 cm³/mol. The van der Waals surface area contributed by atoms with Crippen LogP contribution in [0.15, 0.2) is 51.7 Å². The minimum atomic E-state index is -0.375. The number of amidine groups is 1. The van der Waals surface area contributed by atoms with Gasteiger partial charge in [0.05, 0.1) is 42.3 Å². The van der Waals surface area contributed by atoms with E-state index >= 15 is 0 Å². The van der Waals surface area contributed by atoms with Crippen LogP contribution in [0.4, 0.5) is 5.69 Å². The third kappa shape index (κ3) is 5.03. The third-order valence-electron chi connectivity index (χ3n) is 3.94. The van der Waals surface area contributed by atoms with Crippen molar-refractivity contribution in [2.24, 2.45) is 4.99 Å². The molecule has 1 N–H and O–H groups in total. The van der Waals surface area contributed by atoms with Crippen LogP contribution in [0.25, 0.3) is 6.08 Å². The molecule has 0 atom stereocenters. The number of hydrogen-bond donors (Lipinski definition) is 1. The van der Waals surface area contributed by atoms with Gasteiger partial charge in [0.1, 0.15) is 17.2 Å². The average molecular weight is 445 g/mol. The maximum absolute atomic E-state index is 13.0. The summed E-state index contributed by atoms with van der Waals surface area (Å²) in [5, 5.41) is 11.9. The van der Waals surface area contributed by atoms with E-state index in [9.17, 15) is 9.59 Å². The second-order valence-electron chi connectivity index (χ2n) is 5.95. The van der Waals surface area contributed by atoms with Crippen LogP contribution in [-0.4, -0.2) is 36.4 Å². The van der Waals surface area contributed by atoms with Gasteiger partial charge >= 0.3 is 0 Å². The van der Waals surface area contributed by atoms with E-state index in [2.05, 4.69) is 10.3 Å². The van der Waals surface area contributed by atoms with Gasteiger partial charge in [0.2, 0.25) is 5.91 Å². The average Bonchev–Trinajstić information content (AvgIpc) is 3.35. The van der Waals surface area contributed by atoms with Gasteiger partial charge in [0.15, 0.2) is 5.17 Å². The van der Waals surface area contributed by atoms with Crippen LogP contribution in [0.5, 0.6) is 5.75 Å². The van der Waals surface area contributed by atoms with Gasteiger partial charge in [-0.05, 0) is 30.3 Å². The highest BCUT2D eigenvalue weighted by atomic mass is 35.5. The number of carbonyl (C=O) groups excluding carboxylic acids is 2. The summed E-state index contributed by atoms with van der Waals surface area (Å²) < 4.78 is 10.4. The Kier molecular flexibility index (Phi) is 7.17. The van der Waals surface area contributed by atoms with Gasteiger partial charge < -0.3 is 14.5 Å². The highest BCUT2D eigenvalue weighted by Gasteiger charge is 2.33. The van der Waals surface area contributed by atoms with Gasteiger partial charge in [0, 0.05) is 12.6 Å². The summed E-state index contributed by atoms with van der Waals surface area (Å²) in [6, 6.07) is 10.3. The zero-order chi connectivity index (χ0) is 21.5. The second kappa shape index (κ2) is 10.0. The number of anilines is 1. The van der Waals surface area contributed by atoms with Gasteiger partial charge in [-0.1, -0.05) is 23.4 Å².